The van der Waals surface area contributed by atoms with Crippen LogP contribution in [0.5, 0.6) is 0 Å². The van der Waals surface area contributed by atoms with Crippen LogP contribution in [0.15, 0.2) is 48.5 Å². The second kappa shape index (κ2) is 5.43. The van der Waals surface area contributed by atoms with Crippen molar-refractivity contribution in [2.75, 3.05) is 16.6 Å². The lowest BCUT2D eigenvalue weighted by Gasteiger charge is -2.35. The Morgan fingerprint density at radius 2 is 1.44 bits per heavy atom. The summed E-state index contributed by atoms with van der Waals surface area (Å²) in [6.07, 6.45) is 2.39. The summed E-state index contributed by atoms with van der Waals surface area (Å²) in [6, 6.07) is 15.5. The van der Waals surface area contributed by atoms with Gasteiger partial charge in [0.2, 0.25) is 0 Å². The fraction of sp³-hybridized carbons (Fsp3) is 0.300. The molecule has 5 nitrogen and oxygen atoms in total. The van der Waals surface area contributed by atoms with E-state index in [1.165, 1.54) is 0 Å². The monoisotopic (exact) mass is 334 g/mol. The molecule has 2 fully saturated rings. The van der Waals surface area contributed by atoms with Crippen molar-refractivity contribution in [1.82, 2.24) is 0 Å². The molecular weight excluding hydrogens is 316 g/mol. The smallest absolute Gasteiger partial charge is 0.258 e. The number of amides is 2. The maximum absolute atomic E-state index is 13.1. The fourth-order valence-corrected chi connectivity index (χ4v) is 4.12. The van der Waals surface area contributed by atoms with Gasteiger partial charge in [-0.25, -0.2) is 10.0 Å². The van der Waals surface area contributed by atoms with Crippen molar-refractivity contribution in [2.24, 2.45) is 5.92 Å². The zero-order chi connectivity index (χ0) is 17.0. The lowest BCUT2D eigenvalue weighted by molar-refractivity contribution is -0.128. The minimum atomic E-state index is -0.665. The van der Waals surface area contributed by atoms with E-state index in [0.717, 1.165) is 42.0 Å². The molecule has 2 aromatic carbocycles. The summed E-state index contributed by atoms with van der Waals surface area (Å²) in [5.74, 6) is -0.966. The van der Waals surface area contributed by atoms with Gasteiger partial charge in [-0.15, -0.1) is 0 Å². The van der Waals surface area contributed by atoms with Gasteiger partial charge in [0.05, 0.1) is 17.5 Å². The number of nitrogens with zero attached hydrogens (tertiary/aromatic N) is 2. The summed E-state index contributed by atoms with van der Waals surface area (Å²) in [5, 5.41) is 3.11. The quantitative estimate of drug-likeness (QED) is 0.793. The van der Waals surface area contributed by atoms with E-state index < -0.39 is 5.92 Å². The Balaban J connectivity index is 1.62. The van der Waals surface area contributed by atoms with E-state index in [4.69, 9.17) is 4.74 Å². The molecular formula is C20H18N2O3. The highest BCUT2D eigenvalue weighted by Crippen LogP contribution is 2.47. The first-order chi connectivity index (χ1) is 12.3. The molecule has 0 aromatic heterocycles. The summed E-state index contributed by atoms with van der Waals surface area (Å²) in [5.41, 5.74) is 3.50. The molecule has 25 heavy (non-hydrogen) atoms. The Bertz CT molecular complexity index is 809. The Kier molecular flexibility index (Phi) is 3.18. The van der Waals surface area contributed by atoms with Crippen LogP contribution in [-0.2, 0) is 14.3 Å². The van der Waals surface area contributed by atoms with Crippen molar-refractivity contribution in [3.63, 3.8) is 0 Å². The number of carbonyl (C=O) groups excluding carboxylic acids is 2. The van der Waals surface area contributed by atoms with Gasteiger partial charge in [-0.1, -0.05) is 36.4 Å². The number of fused-ring (bicyclic) bond motifs is 6. The second-order valence-electron chi connectivity index (χ2n) is 6.76. The number of hydrogen-bond acceptors (Lipinski definition) is 3. The number of para-hydroxylation sites is 2. The molecule has 0 saturated carbocycles. The van der Waals surface area contributed by atoms with Crippen LogP contribution in [0.25, 0.3) is 11.1 Å². The highest BCUT2D eigenvalue weighted by atomic mass is 16.5. The standard InChI is InChI=1S/C20H18N2O3/c23-19-16(12-13-6-5-11-25-13)20(24)22-18-10-4-2-8-15(18)14-7-1-3-9-17(14)21(19)22/h1-4,7-10,13,16H,5-6,11-12H2/t13-/m0/s1. The van der Waals surface area contributed by atoms with E-state index in [0.29, 0.717) is 6.42 Å². The third kappa shape index (κ3) is 2.05. The summed E-state index contributed by atoms with van der Waals surface area (Å²) in [7, 11) is 0. The van der Waals surface area contributed by atoms with Gasteiger partial charge in [0.25, 0.3) is 11.8 Å². The van der Waals surface area contributed by atoms with Crippen LogP contribution < -0.4 is 10.0 Å². The number of ether oxygens (including phenoxy) is 1. The number of anilines is 2. The third-order valence-electron chi connectivity index (χ3n) is 5.29. The Morgan fingerprint density at radius 3 is 1.96 bits per heavy atom. The van der Waals surface area contributed by atoms with Gasteiger partial charge in [-0.2, -0.15) is 0 Å². The molecule has 0 aliphatic carbocycles. The molecule has 1 atom stereocenters. The second-order valence-corrected chi connectivity index (χ2v) is 6.76. The van der Waals surface area contributed by atoms with Crippen molar-refractivity contribution in [3.8, 4) is 11.1 Å². The number of carbonyl (C=O) groups is 2. The first-order valence-electron chi connectivity index (χ1n) is 8.73. The number of hydrazine groups is 1. The van der Waals surface area contributed by atoms with Gasteiger partial charge in [-0.3, -0.25) is 9.59 Å². The summed E-state index contributed by atoms with van der Waals surface area (Å²) in [4.78, 5) is 26.2. The van der Waals surface area contributed by atoms with Gasteiger partial charge in [0, 0.05) is 17.7 Å². The molecule has 5 rings (SSSR count). The molecule has 0 spiro atoms. The van der Waals surface area contributed by atoms with E-state index in [2.05, 4.69) is 0 Å². The first-order valence-corrected chi connectivity index (χ1v) is 8.73. The van der Waals surface area contributed by atoms with Crippen LogP contribution in [0.1, 0.15) is 19.3 Å². The number of benzene rings is 2. The normalized spacial score (nSPS) is 22.2. The average Bonchev–Trinajstić information content (AvgIpc) is 3.25. The molecule has 3 heterocycles. The SMILES string of the molecule is O=C1C(C[C@@H]2CCCO2)C(=O)N2c3ccccc3-c3ccccc3N12. The zero-order valence-electron chi connectivity index (χ0n) is 13.7. The maximum Gasteiger partial charge on any atom is 0.258 e. The number of rotatable bonds is 2. The van der Waals surface area contributed by atoms with E-state index in [1.54, 1.807) is 10.0 Å². The van der Waals surface area contributed by atoms with E-state index in [9.17, 15) is 9.59 Å². The molecule has 2 amide bonds. The van der Waals surface area contributed by atoms with Gasteiger partial charge in [-0.05, 0) is 31.4 Å². The maximum atomic E-state index is 13.1. The van der Waals surface area contributed by atoms with Crippen LogP contribution in [0, 0.1) is 5.92 Å². The van der Waals surface area contributed by atoms with Crippen LogP contribution in [-0.4, -0.2) is 24.5 Å². The third-order valence-corrected chi connectivity index (χ3v) is 5.29. The lowest BCUT2D eigenvalue weighted by atomic mass is 9.99. The molecule has 126 valence electrons. The molecule has 2 aromatic rings. The van der Waals surface area contributed by atoms with Crippen LogP contribution in [0.2, 0.25) is 0 Å². The molecule has 0 unspecified atom stereocenters. The predicted octanol–water partition coefficient (Wildman–Crippen LogP) is 3.15. The predicted molar refractivity (Wildman–Crippen MR) is 93.9 cm³/mol. The van der Waals surface area contributed by atoms with Crippen LogP contribution in [0.4, 0.5) is 11.4 Å². The van der Waals surface area contributed by atoms with E-state index >= 15 is 0 Å². The van der Waals surface area contributed by atoms with Crippen LogP contribution in [0.3, 0.4) is 0 Å². The highest BCUT2D eigenvalue weighted by molar-refractivity contribution is 6.26. The molecule has 2 saturated heterocycles. The van der Waals surface area contributed by atoms with E-state index in [1.807, 2.05) is 48.5 Å². The van der Waals surface area contributed by atoms with Crippen molar-refractivity contribution in [1.29, 1.82) is 0 Å². The molecule has 0 N–H and O–H groups in total. The highest BCUT2D eigenvalue weighted by Gasteiger charge is 2.50. The van der Waals surface area contributed by atoms with Gasteiger partial charge < -0.3 is 4.74 Å². The molecule has 5 heteroatoms. The largest absolute Gasteiger partial charge is 0.378 e. The average molecular weight is 334 g/mol. The summed E-state index contributed by atoms with van der Waals surface area (Å²) < 4.78 is 5.66. The minimum Gasteiger partial charge on any atom is -0.378 e. The van der Waals surface area contributed by atoms with Crippen molar-refractivity contribution >= 4 is 23.2 Å². The number of hydrogen-bond donors (Lipinski definition) is 0. The summed E-state index contributed by atoms with van der Waals surface area (Å²) >= 11 is 0. The first kappa shape index (κ1) is 14.7. The Labute approximate surface area is 145 Å². The van der Waals surface area contributed by atoms with Crippen LogP contribution >= 0.6 is 0 Å². The Hall–Kier alpha value is -2.66. The molecule has 0 radical (unpaired) electrons. The van der Waals surface area contributed by atoms with Gasteiger partial charge in [0.1, 0.15) is 5.92 Å². The van der Waals surface area contributed by atoms with Crippen molar-refractivity contribution in [2.45, 2.75) is 25.4 Å². The Morgan fingerprint density at radius 1 is 0.880 bits per heavy atom. The molecule has 0 bridgehead atoms. The van der Waals surface area contributed by atoms with Gasteiger partial charge >= 0.3 is 0 Å². The van der Waals surface area contributed by atoms with Crippen molar-refractivity contribution in [3.05, 3.63) is 48.5 Å². The minimum absolute atomic E-state index is 0.00550. The summed E-state index contributed by atoms with van der Waals surface area (Å²) in [6.45, 7) is 0.721. The van der Waals surface area contributed by atoms with E-state index in [-0.39, 0.29) is 17.9 Å². The fourth-order valence-electron chi connectivity index (χ4n) is 4.12. The lowest BCUT2D eigenvalue weighted by Crippen LogP contribution is -2.43. The van der Waals surface area contributed by atoms with Crippen molar-refractivity contribution < 1.29 is 14.3 Å². The molecule has 3 aliphatic rings. The molecule has 3 aliphatic heterocycles. The van der Waals surface area contributed by atoms with Gasteiger partial charge in [0.15, 0.2) is 0 Å². The topological polar surface area (TPSA) is 49.9 Å². The zero-order valence-corrected chi connectivity index (χ0v) is 13.7.